The molecule has 0 fully saturated rings. The van der Waals surface area contributed by atoms with Crippen molar-refractivity contribution in [1.82, 2.24) is 15.5 Å². The molecule has 8 heteroatoms. The van der Waals surface area contributed by atoms with Gasteiger partial charge in [-0.2, -0.15) is 11.8 Å². The number of likely N-dealkylation sites (N-methyl/N-ethyl adjacent to an activating group) is 1. The van der Waals surface area contributed by atoms with Crippen LogP contribution in [0.1, 0.15) is 65.1 Å². The predicted molar refractivity (Wildman–Crippen MR) is 134 cm³/mol. The van der Waals surface area contributed by atoms with Gasteiger partial charge in [-0.25, -0.2) is 4.79 Å². The molecule has 0 aliphatic carbocycles. The molecule has 2 N–H and O–H groups in total. The smallest absolute Gasteiger partial charge is 0.408 e. The molecule has 0 aliphatic rings. The largest absolute Gasteiger partial charge is 0.444 e. The van der Waals surface area contributed by atoms with Gasteiger partial charge < -0.3 is 20.3 Å². The first-order valence-corrected chi connectivity index (χ1v) is 12.2. The fourth-order valence-corrected chi connectivity index (χ4v) is 3.62. The van der Waals surface area contributed by atoms with Gasteiger partial charge in [-0.05, 0) is 71.6 Å². The normalized spacial score (nSPS) is 13.3. The summed E-state index contributed by atoms with van der Waals surface area (Å²) in [6.07, 6.45) is 7.30. The predicted octanol–water partition coefficient (Wildman–Crippen LogP) is 3.73. The summed E-state index contributed by atoms with van der Waals surface area (Å²) >= 11 is 1.56. The number of terminal acetylenes is 1. The monoisotopic (exact) mass is 475 g/mol. The quantitative estimate of drug-likeness (QED) is 0.560. The highest BCUT2D eigenvalue weighted by Gasteiger charge is 2.35. The topological polar surface area (TPSA) is 87.7 Å². The van der Waals surface area contributed by atoms with E-state index in [-0.39, 0.29) is 5.91 Å². The van der Waals surface area contributed by atoms with Crippen molar-refractivity contribution in [3.8, 4) is 12.3 Å². The third-order valence-electron chi connectivity index (χ3n) is 4.49. The van der Waals surface area contributed by atoms with E-state index >= 15 is 0 Å². The number of alkyl carbamates (subject to hydrolysis) is 1. The van der Waals surface area contributed by atoms with Crippen LogP contribution < -0.4 is 10.6 Å². The van der Waals surface area contributed by atoms with Crippen molar-refractivity contribution in [3.63, 3.8) is 0 Å². The first-order chi connectivity index (χ1) is 15.2. The van der Waals surface area contributed by atoms with Gasteiger partial charge in [0, 0.05) is 18.2 Å². The number of hydrogen-bond acceptors (Lipinski definition) is 5. The highest BCUT2D eigenvalue weighted by Crippen LogP contribution is 2.25. The molecule has 0 spiro atoms. The minimum atomic E-state index is -0.971. The van der Waals surface area contributed by atoms with Crippen LogP contribution in [0.25, 0.3) is 0 Å². The second-order valence-corrected chi connectivity index (χ2v) is 10.8. The summed E-state index contributed by atoms with van der Waals surface area (Å²) in [7, 11) is 1.55. The summed E-state index contributed by atoms with van der Waals surface area (Å²) in [5.74, 6) is 2.47. The number of benzene rings is 1. The molecule has 0 aromatic heterocycles. The zero-order valence-electron chi connectivity index (χ0n) is 20.9. The van der Waals surface area contributed by atoms with Crippen LogP contribution in [0.5, 0.6) is 0 Å². The van der Waals surface area contributed by atoms with Gasteiger partial charge in [0.1, 0.15) is 17.7 Å². The van der Waals surface area contributed by atoms with E-state index in [1.807, 2.05) is 27.0 Å². The number of ether oxygens (including phenoxy) is 1. The summed E-state index contributed by atoms with van der Waals surface area (Å²) in [6, 6.07) is 5.20. The van der Waals surface area contributed by atoms with Gasteiger partial charge in [0.15, 0.2) is 0 Å². The molecule has 33 heavy (non-hydrogen) atoms. The number of rotatable bonds is 8. The second-order valence-electron chi connectivity index (χ2n) is 9.80. The summed E-state index contributed by atoms with van der Waals surface area (Å²) in [4.78, 5) is 40.6. The Hall–Kier alpha value is -2.66. The third-order valence-corrected chi connectivity index (χ3v) is 5.14. The number of amides is 3. The van der Waals surface area contributed by atoms with Gasteiger partial charge in [0.25, 0.3) is 0 Å². The number of hydrogen-bond donors (Lipinski definition) is 2. The Bertz CT molecular complexity index is 881. The highest BCUT2D eigenvalue weighted by atomic mass is 32.2. The van der Waals surface area contributed by atoms with E-state index in [2.05, 4.69) is 16.6 Å². The molecular formula is C25H37N3O4S. The molecule has 0 radical (unpaired) electrons. The van der Waals surface area contributed by atoms with E-state index in [4.69, 9.17) is 11.2 Å². The van der Waals surface area contributed by atoms with Crippen molar-refractivity contribution in [2.24, 2.45) is 0 Å². The first kappa shape index (κ1) is 28.4. The Kier molecular flexibility index (Phi) is 10.3. The molecule has 2 unspecified atom stereocenters. The van der Waals surface area contributed by atoms with Crippen LogP contribution in [0.3, 0.4) is 0 Å². The SMILES string of the molecule is C#Cc1ccccc1C(C(=O)NC(C)(C)C)N(C)C(=O)C(CCSC)NC(=O)OC(C)(C)C. The Morgan fingerprint density at radius 2 is 1.76 bits per heavy atom. The standard InChI is InChI=1S/C25H37N3O4S/c1-10-17-13-11-12-14-18(17)20(21(29)27-24(2,3)4)28(8)22(30)19(15-16-33-9)26-23(31)32-25(5,6)7/h1,11-14,19-20H,15-16H2,2-9H3,(H,26,31)(H,27,29). The van der Waals surface area contributed by atoms with Gasteiger partial charge in [0.2, 0.25) is 11.8 Å². The van der Waals surface area contributed by atoms with Gasteiger partial charge >= 0.3 is 6.09 Å². The molecule has 1 aromatic carbocycles. The van der Waals surface area contributed by atoms with Crippen molar-refractivity contribution >= 4 is 29.7 Å². The average Bonchev–Trinajstić information content (AvgIpc) is 2.68. The number of nitrogens with zero attached hydrogens (tertiary/aromatic N) is 1. The van der Waals surface area contributed by atoms with Crippen LogP contribution in [0, 0.1) is 12.3 Å². The molecule has 1 rings (SSSR count). The molecule has 7 nitrogen and oxygen atoms in total. The number of thioether (sulfide) groups is 1. The summed E-state index contributed by atoms with van der Waals surface area (Å²) in [6.45, 7) is 10.8. The van der Waals surface area contributed by atoms with Gasteiger partial charge in [-0.1, -0.05) is 24.1 Å². The van der Waals surface area contributed by atoms with E-state index in [0.29, 0.717) is 23.3 Å². The summed E-state index contributed by atoms with van der Waals surface area (Å²) in [5.41, 5.74) is -0.160. The van der Waals surface area contributed by atoms with Crippen molar-refractivity contribution in [3.05, 3.63) is 35.4 Å². The molecule has 1 aromatic rings. The van der Waals surface area contributed by atoms with E-state index in [1.54, 1.807) is 63.8 Å². The van der Waals surface area contributed by atoms with E-state index in [9.17, 15) is 14.4 Å². The lowest BCUT2D eigenvalue weighted by molar-refractivity contribution is -0.141. The highest BCUT2D eigenvalue weighted by molar-refractivity contribution is 7.98. The molecule has 182 valence electrons. The van der Waals surface area contributed by atoms with Crippen LogP contribution in [0.2, 0.25) is 0 Å². The van der Waals surface area contributed by atoms with E-state index < -0.39 is 35.2 Å². The van der Waals surface area contributed by atoms with Gasteiger partial charge in [0.05, 0.1) is 0 Å². The van der Waals surface area contributed by atoms with Crippen LogP contribution in [0.4, 0.5) is 4.79 Å². The molecular weight excluding hydrogens is 438 g/mol. The third kappa shape index (κ3) is 9.39. The summed E-state index contributed by atoms with van der Waals surface area (Å²) in [5, 5.41) is 5.61. The minimum Gasteiger partial charge on any atom is -0.444 e. The Labute approximate surface area is 202 Å². The molecule has 0 aliphatic heterocycles. The van der Waals surface area contributed by atoms with Gasteiger partial charge in [-0.15, -0.1) is 6.42 Å². The maximum absolute atomic E-state index is 13.5. The van der Waals surface area contributed by atoms with Gasteiger partial charge in [-0.3, -0.25) is 9.59 Å². The lowest BCUT2D eigenvalue weighted by Crippen LogP contribution is -2.53. The van der Waals surface area contributed by atoms with Crippen molar-refractivity contribution in [1.29, 1.82) is 0 Å². The van der Waals surface area contributed by atoms with Crippen LogP contribution in [0.15, 0.2) is 24.3 Å². The van der Waals surface area contributed by atoms with Crippen molar-refractivity contribution in [2.75, 3.05) is 19.1 Å². The fourth-order valence-electron chi connectivity index (χ4n) is 3.15. The Morgan fingerprint density at radius 1 is 1.15 bits per heavy atom. The zero-order chi connectivity index (χ0) is 25.4. The maximum Gasteiger partial charge on any atom is 0.408 e. The lowest BCUT2D eigenvalue weighted by Gasteiger charge is -2.34. The molecule has 0 bridgehead atoms. The van der Waals surface area contributed by atoms with Crippen LogP contribution >= 0.6 is 11.8 Å². The molecule has 0 saturated carbocycles. The second kappa shape index (κ2) is 12.0. The molecule has 2 atom stereocenters. The van der Waals surface area contributed by atoms with Crippen molar-refractivity contribution in [2.45, 2.75) is 71.2 Å². The summed E-state index contributed by atoms with van der Waals surface area (Å²) < 4.78 is 5.34. The Morgan fingerprint density at radius 3 is 2.27 bits per heavy atom. The number of carbonyl (C=O) groups excluding carboxylic acids is 3. The van der Waals surface area contributed by atoms with E-state index in [1.165, 1.54) is 4.90 Å². The van der Waals surface area contributed by atoms with Crippen molar-refractivity contribution < 1.29 is 19.1 Å². The minimum absolute atomic E-state index is 0.359. The van der Waals surface area contributed by atoms with E-state index in [0.717, 1.165) is 0 Å². The first-order valence-electron chi connectivity index (χ1n) is 10.8. The number of carbonyl (C=O) groups is 3. The zero-order valence-corrected chi connectivity index (χ0v) is 21.8. The molecule has 0 saturated heterocycles. The lowest BCUT2D eigenvalue weighted by atomic mass is 9.96. The van der Waals surface area contributed by atoms with Crippen LogP contribution in [-0.2, 0) is 14.3 Å². The maximum atomic E-state index is 13.5. The van der Waals surface area contributed by atoms with Crippen LogP contribution in [-0.4, -0.2) is 59.0 Å². The number of nitrogens with one attached hydrogen (secondary N) is 2. The molecule has 3 amide bonds. The Balaban J connectivity index is 3.34. The fraction of sp³-hybridized carbons (Fsp3) is 0.560. The molecule has 0 heterocycles. The average molecular weight is 476 g/mol.